The van der Waals surface area contributed by atoms with Crippen LogP contribution in [0.3, 0.4) is 0 Å². The number of carbonyl (C=O) groups is 1. The predicted molar refractivity (Wildman–Crippen MR) is 108 cm³/mol. The maximum absolute atomic E-state index is 12.5. The van der Waals surface area contributed by atoms with Crippen LogP contribution in [-0.2, 0) is 11.3 Å². The summed E-state index contributed by atoms with van der Waals surface area (Å²) in [5.41, 5.74) is 0.776. The van der Waals surface area contributed by atoms with Gasteiger partial charge in [-0.3, -0.25) is 4.79 Å². The third kappa shape index (κ3) is 4.18. The molecule has 0 unspecified atom stereocenters. The predicted octanol–water partition coefficient (Wildman–Crippen LogP) is 5.61. The van der Waals surface area contributed by atoms with Crippen LogP contribution in [0.5, 0.6) is 0 Å². The fraction of sp³-hybridized carbons (Fsp3) is 0.250. The van der Waals surface area contributed by atoms with Gasteiger partial charge in [-0.1, -0.05) is 34.5 Å². The molecular formula is C16H13BrCl2N2O2S2. The first-order valence-electron chi connectivity index (χ1n) is 7.40. The van der Waals surface area contributed by atoms with Crippen molar-refractivity contribution in [3.8, 4) is 0 Å². The molecule has 0 radical (unpaired) electrons. The summed E-state index contributed by atoms with van der Waals surface area (Å²) in [5.74, 6) is -0.283. The molecule has 3 aromatic rings. The number of halogens is 3. The molecule has 0 aliphatic heterocycles. The van der Waals surface area contributed by atoms with Gasteiger partial charge in [-0.2, -0.15) is 4.99 Å². The average Bonchev–Trinajstić information content (AvgIpc) is 3.16. The van der Waals surface area contributed by atoms with Crippen molar-refractivity contribution in [1.82, 2.24) is 4.57 Å². The SMILES string of the molecule is CCOCCn1c(=NC(=O)c2ccc(Br)s2)sc2ccc(Cl)c(Cl)c21. The van der Waals surface area contributed by atoms with E-state index in [4.69, 9.17) is 27.9 Å². The van der Waals surface area contributed by atoms with Crippen molar-refractivity contribution in [3.05, 3.63) is 47.8 Å². The number of hydrogen-bond acceptors (Lipinski definition) is 4. The minimum Gasteiger partial charge on any atom is -0.380 e. The van der Waals surface area contributed by atoms with E-state index in [9.17, 15) is 4.79 Å². The second kappa shape index (κ2) is 8.33. The van der Waals surface area contributed by atoms with Crippen molar-refractivity contribution in [3.63, 3.8) is 0 Å². The largest absolute Gasteiger partial charge is 0.380 e. The molecule has 0 aliphatic carbocycles. The highest BCUT2D eigenvalue weighted by molar-refractivity contribution is 9.11. The summed E-state index contributed by atoms with van der Waals surface area (Å²) in [6.45, 7) is 3.58. The van der Waals surface area contributed by atoms with Gasteiger partial charge in [0.15, 0.2) is 4.80 Å². The van der Waals surface area contributed by atoms with Gasteiger partial charge in [-0.15, -0.1) is 11.3 Å². The molecule has 0 saturated carbocycles. The summed E-state index contributed by atoms with van der Waals surface area (Å²) in [6.07, 6.45) is 0. The molecule has 0 fully saturated rings. The molecule has 3 rings (SSSR count). The Hall–Kier alpha value is -0.700. The number of carbonyl (C=O) groups excluding carboxylic acids is 1. The molecular weight excluding hydrogens is 467 g/mol. The lowest BCUT2D eigenvalue weighted by molar-refractivity contribution is 0.100. The van der Waals surface area contributed by atoms with Gasteiger partial charge in [0.05, 0.1) is 35.5 Å². The van der Waals surface area contributed by atoms with Crippen LogP contribution in [0, 0.1) is 0 Å². The van der Waals surface area contributed by atoms with Crippen LogP contribution in [0.1, 0.15) is 16.6 Å². The minimum absolute atomic E-state index is 0.283. The fourth-order valence-electron chi connectivity index (χ4n) is 2.27. The average molecular weight is 480 g/mol. The number of thiazole rings is 1. The van der Waals surface area contributed by atoms with Crippen molar-refractivity contribution < 1.29 is 9.53 Å². The van der Waals surface area contributed by atoms with Crippen LogP contribution in [0.25, 0.3) is 10.2 Å². The molecule has 2 heterocycles. The third-order valence-electron chi connectivity index (χ3n) is 3.38. The van der Waals surface area contributed by atoms with Crippen molar-refractivity contribution in [2.24, 2.45) is 4.99 Å². The number of ether oxygens (including phenoxy) is 1. The third-order valence-corrected chi connectivity index (χ3v) is 6.83. The maximum Gasteiger partial charge on any atom is 0.289 e. The van der Waals surface area contributed by atoms with Gasteiger partial charge in [0.25, 0.3) is 5.91 Å². The molecule has 1 amide bonds. The molecule has 0 atom stereocenters. The van der Waals surface area contributed by atoms with E-state index in [1.807, 2.05) is 23.6 Å². The first-order valence-corrected chi connectivity index (χ1v) is 10.6. The zero-order valence-corrected chi connectivity index (χ0v) is 17.8. The lowest BCUT2D eigenvalue weighted by Gasteiger charge is -2.07. The second-order valence-corrected chi connectivity index (χ2v) is 9.22. The van der Waals surface area contributed by atoms with Crippen molar-refractivity contribution >= 4 is 77.9 Å². The standard InChI is InChI=1S/C16H13BrCl2N2O2S2/c1-2-23-8-7-21-14-10(4-3-9(18)13(14)19)25-16(21)20-15(22)11-5-6-12(17)24-11/h3-6H,2,7-8H2,1H3. The lowest BCUT2D eigenvalue weighted by Crippen LogP contribution is -2.19. The Morgan fingerprint density at radius 2 is 2.08 bits per heavy atom. The Morgan fingerprint density at radius 1 is 1.28 bits per heavy atom. The van der Waals surface area contributed by atoms with Crippen LogP contribution in [0.4, 0.5) is 0 Å². The summed E-state index contributed by atoms with van der Waals surface area (Å²) >= 11 is 18.7. The number of hydrogen-bond donors (Lipinski definition) is 0. The van der Waals surface area contributed by atoms with E-state index < -0.39 is 0 Å². The number of amides is 1. The number of rotatable bonds is 5. The Kier molecular flexibility index (Phi) is 6.35. The number of aromatic nitrogens is 1. The normalized spacial score (nSPS) is 12.2. The van der Waals surface area contributed by atoms with E-state index in [1.54, 1.807) is 12.1 Å². The Labute approximate surface area is 170 Å². The van der Waals surface area contributed by atoms with Gasteiger partial charge >= 0.3 is 0 Å². The number of benzene rings is 1. The highest BCUT2D eigenvalue weighted by atomic mass is 79.9. The van der Waals surface area contributed by atoms with Crippen molar-refractivity contribution in [2.45, 2.75) is 13.5 Å². The minimum atomic E-state index is -0.283. The van der Waals surface area contributed by atoms with E-state index in [2.05, 4.69) is 20.9 Å². The molecule has 1 aromatic carbocycles. The molecule has 0 bridgehead atoms. The molecule has 25 heavy (non-hydrogen) atoms. The van der Waals surface area contributed by atoms with Gasteiger partial charge in [0, 0.05) is 13.2 Å². The van der Waals surface area contributed by atoms with E-state index in [0.29, 0.717) is 39.5 Å². The van der Waals surface area contributed by atoms with Crippen LogP contribution in [0.2, 0.25) is 10.0 Å². The Bertz CT molecular complexity index is 994. The smallest absolute Gasteiger partial charge is 0.289 e. The first-order chi connectivity index (χ1) is 12.0. The molecule has 9 heteroatoms. The summed E-state index contributed by atoms with van der Waals surface area (Å²) in [6, 6.07) is 7.22. The van der Waals surface area contributed by atoms with Crippen LogP contribution in [0.15, 0.2) is 33.0 Å². The highest BCUT2D eigenvalue weighted by Crippen LogP contribution is 2.32. The van der Waals surface area contributed by atoms with Crippen molar-refractivity contribution in [2.75, 3.05) is 13.2 Å². The quantitative estimate of drug-likeness (QED) is 0.446. The first kappa shape index (κ1) is 19.1. The van der Waals surface area contributed by atoms with Gasteiger partial charge in [0.1, 0.15) is 0 Å². The van der Waals surface area contributed by atoms with Crippen molar-refractivity contribution in [1.29, 1.82) is 0 Å². The van der Waals surface area contributed by atoms with Gasteiger partial charge < -0.3 is 9.30 Å². The molecule has 0 saturated heterocycles. The summed E-state index contributed by atoms with van der Waals surface area (Å²) < 4.78 is 9.16. The number of nitrogens with zero attached hydrogens (tertiary/aromatic N) is 2. The zero-order valence-electron chi connectivity index (χ0n) is 13.1. The Balaban J connectivity index is 2.12. The monoisotopic (exact) mass is 478 g/mol. The second-order valence-electron chi connectivity index (χ2n) is 4.96. The molecule has 132 valence electrons. The number of thiophene rings is 1. The topological polar surface area (TPSA) is 43.6 Å². The maximum atomic E-state index is 12.5. The molecule has 2 aromatic heterocycles. The van der Waals surface area contributed by atoms with E-state index >= 15 is 0 Å². The van der Waals surface area contributed by atoms with Gasteiger partial charge in [0.2, 0.25) is 0 Å². The Morgan fingerprint density at radius 3 is 2.76 bits per heavy atom. The lowest BCUT2D eigenvalue weighted by atomic mass is 10.3. The van der Waals surface area contributed by atoms with E-state index in [-0.39, 0.29) is 5.91 Å². The van der Waals surface area contributed by atoms with Crippen LogP contribution in [-0.4, -0.2) is 23.7 Å². The number of fused-ring (bicyclic) bond motifs is 1. The van der Waals surface area contributed by atoms with E-state index in [0.717, 1.165) is 14.0 Å². The fourth-order valence-corrected chi connectivity index (χ4v) is 5.08. The van der Waals surface area contributed by atoms with Gasteiger partial charge in [-0.05, 0) is 47.1 Å². The molecule has 0 aliphatic rings. The molecule has 0 N–H and O–H groups in total. The molecule has 0 spiro atoms. The van der Waals surface area contributed by atoms with Crippen LogP contribution < -0.4 is 4.80 Å². The molecule has 4 nitrogen and oxygen atoms in total. The summed E-state index contributed by atoms with van der Waals surface area (Å²) in [4.78, 5) is 17.9. The van der Waals surface area contributed by atoms with Crippen LogP contribution >= 0.6 is 61.8 Å². The summed E-state index contributed by atoms with van der Waals surface area (Å²) in [5, 5.41) is 0.928. The summed E-state index contributed by atoms with van der Waals surface area (Å²) in [7, 11) is 0. The highest BCUT2D eigenvalue weighted by Gasteiger charge is 2.14. The zero-order chi connectivity index (χ0) is 18.0. The van der Waals surface area contributed by atoms with Gasteiger partial charge in [-0.25, -0.2) is 0 Å². The van der Waals surface area contributed by atoms with E-state index in [1.165, 1.54) is 22.7 Å².